The molecule has 5 rings (SSSR count). The quantitative estimate of drug-likeness (QED) is 0.352. The van der Waals surface area contributed by atoms with Gasteiger partial charge in [-0.1, -0.05) is 54.2 Å². The maximum atomic E-state index is 13.5. The van der Waals surface area contributed by atoms with Crippen molar-refractivity contribution in [2.75, 3.05) is 11.1 Å². The molecule has 1 saturated carbocycles. The average Bonchev–Trinajstić information content (AvgIpc) is 3.59. The Morgan fingerprint density at radius 3 is 2.40 bits per heavy atom. The third kappa shape index (κ3) is 5.41. The van der Waals surface area contributed by atoms with Gasteiger partial charge in [0, 0.05) is 17.3 Å². The Bertz CT molecular complexity index is 1350. The van der Waals surface area contributed by atoms with Gasteiger partial charge in [-0.2, -0.15) is 0 Å². The number of hydrogen-bond donors (Lipinski definition) is 2. The van der Waals surface area contributed by atoms with E-state index in [1.54, 1.807) is 41.0 Å². The minimum atomic E-state index is -0.346. The highest BCUT2D eigenvalue weighted by molar-refractivity contribution is 7.99. The van der Waals surface area contributed by atoms with Crippen LogP contribution in [0.25, 0.3) is 17.1 Å². The van der Waals surface area contributed by atoms with Crippen LogP contribution >= 0.6 is 11.8 Å². The van der Waals surface area contributed by atoms with Gasteiger partial charge in [0.1, 0.15) is 5.82 Å². The highest BCUT2D eigenvalue weighted by Crippen LogP contribution is 2.28. The molecule has 0 saturated heterocycles. The van der Waals surface area contributed by atoms with Crippen LogP contribution in [-0.2, 0) is 4.79 Å². The van der Waals surface area contributed by atoms with Gasteiger partial charge in [-0.15, -0.1) is 10.2 Å². The number of aromatic nitrogens is 3. The molecule has 0 atom stereocenters. The number of thioether (sulfide) groups is 1. The zero-order valence-corrected chi connectivity index (χ0v) is 19.5. The fourth-order valence-corrected chi connectivity index (χ4v) is 4.31. The molecule has 0 radical (unpaired) electrons. The van der Waals surface area contributed by atoms with E-state index >= 15 is 0 Å². The van der Waals surface area contributed by atoms with Crippen LogP contribution in [-0.4, -0.2) is 38.4 Å². The Kier molecular flexibility index (Phi) is 6.58. The molecule has 0 unspecified atom stereocenters. The minimum Gasteiger partial charge on any atom is -0.349 e. The van der Waals surface area contributed by atoms with Crippen molar-refractivity contribution in [1.82, 2.24) is 20.1 Å². The van der Waals surface area contributed by atoms with Gasteiger partial charge in [-0.3, -0.25) is 14.2 Å². The topological polar surface area (TPSA) is 88.9 Å². The smallest absolute Gasteiger partial charge is 0.253 e. The molecule has 0 spiro atoms. The molecule has 1 aromatic heterocycles. The van der Waals surface area contributed by atoms with E-state index < -0.39 is 0 Å². The Balaban J connectivity index is 1.35. The van der Waals surface area contributed by atoms with E-state index in [9.17, 15) is 14.0 Å². The predicted molar refractivity (Wildman–Crippen MR) is 133 cm³/mol. The van der Waals surface area contributed by atoms with Gasteiger partial charge in [0.15, 0.2) is 11.0 Å². The molecule has 1 aliphatic rings. The van der Waals surface area contributed by atoms with E-state index in [2.05, 4.69) is 20.8 Å². The van der Waals surface area contributed by atoms with Crippen molar-refractivity contribution < 1.29 is 14.0 Å². The summed E-state index contributed by atoms with van der Waals surface area (Å²) in [7, 11) is 0. The first kappa shape index (κ1) is 22.8. The van der Waals surface area contributed by atoms with Crippen LogP contribution in [0.1, 0.15) is 23.2 Å². The van der Waals surface area contributed by atoms with Crippen LogP contribution in [0.2, 0.25) is 0 Å². The summed E-state index contributed by atoms with van der Waals surface area (Å²) in [4.78, 5) is 25.3. The lowest BCUT2D eigenvalue weighted by molar-refractivity contribution is -0.113. The predicted octanol–water partition coefficient (Wildman–Crippen LogP) is 4.70. The number of nitrogens with zero attached hydrogens (tertiary/aromatic N) is 3. The first-order valence-electron chi connectivity index (χ1n) is 11.2. The van der Waals surface area contributed by atoms with Crippen molar-refractivity contribution in [2.24, 2.45) is 0 Å². The average molecular weight is 488 g/mol. The Labute approximate surface area is 205 Å². The molecule has 4 aromatic rings. The van der Waals surface area contributed by atoms with E-state index in [-0.39, 0.29) is 29.4 Å². The second-order valence-electron chi connectivity index (χ2n) is 8.11. The van der Waals surface area contributed by atoms with Gasteiger partial charge in [0.2, 0.25) is 5.91 Å². The Hall–Kier alpha value is -3.98. The van der Waals surface area contributed by atoms with E-state index in [1.807, 2.05) is 30.3 Å². The zero-order valence-electron chi connectivity index (χ0n) is 18.6. The Morgan fingerprint density at radius 1 is 0.943 bits per heavy atom. The number of amides is 2. The second-order valence-corrected chi connectivity index (χ2v) is 9.06. The molecule has 9 heteroatoms. The van der Waals surface area contributed by atoms with Gasteiger partial charge in [-0.25, -0.2) is 4.39 Å². The summed E-state index contributed by atoms with van der Waals surface area (Å²) in [6.07, 6.45) is 1.97. The lowest BCUT2D eigenvalue weighted by Gasteiger charge is -2.12. The summed E-state index contributed by atoms with van der Waals surface area (Å²) >= 11 is 1.21. The zero-order chi connectivity index (χ0) is 24.2. The number of halogens is 1. The fraction of sp³-hybridized carbons (Fsp3) is 0.154. The summed E-state index contributed by atoms with van der Waals surface area (Å²) in [6, 6.07) is 22.7. The molecule has 1 heterocycles. The highest BCUT2D eigenvalue weighted by atomic mass is 32.2. The summed E-state index contributed by atoms with van der Waals surface area (Å²) in [5.41, 5.74) is 2.41. The molecule has 1 fully saturated rings. The number of nitrogens with one attached hydrogen (secondary N) is 2. The number of rotatable bonds is 8. The van der Waals surface area contributed by atoms with E-state index in [0.717, 1.165) is 18.4 Å². The number of carbonyl (C=O) groups is 2. The Morgan fingerprint density at radius 2 is 1.66 bits per heavy atom. The molecule has 3 aromatic carbocycles. The fourth-order valence-electron chi connectivity index (χ4n) is 3.56. The summed E-state index contributed by atoms with van der Waals surface area (Å²) < 4.78 is 15.3. The lowest BCUT2D eigenvalue weighted by Crippen LogP contribution is -2.27. The minimum absolute atomic E-state index is 0.0483. The van der Waals surface area contributed by atoms with Crippen LogP contribution in [0.4, 0.5) is 10.1 Å². The molecule has 1 aliphatic carbocycles. The summed E-state index contributed by atoms with van der Waals surface area (Å²) in [5, 5.41) is 14.9. The molecule has 176 valence electrons. The van der Waals surface area contributed by atoms with Gasteiger partial charge >= 0.3 is 0 Å². The number of anilines is 1. The lowest BCUT2D eigenvalue weighted by atomic mass is 10.1. The van der Waals surface area contributed by atoms with Crippen molar-refractivity contribution in [3.05, 3.63) is 90.2 Å². The third-order valence-electron chi connectivity index (χ3n) is 5.44. The molecule has 2 N–H and O–H groups in total. The number of hydrogen-bond acceptors (Lipinski definition) is 5. The maximum Gasteiger partial charge on any atom is 0.253 e. The van der Waals surface area contributed by atoms with Crippen molar-refractivity contribution in [1.29, 1.82) is 0 Å². The molecule has 0 bridgehead atoms. The van der Waals surface area contributed by atoms with Gasteiger partial charge < -0.3 is 10.6 Å². The van der Waals surface area contributed by atoms with Crippen LogP contribution in [0.3, 0.4) is 0 Å². The van der Waals surface area contributed by atoms with Gasteiger partial charge in [0.05, 0.1) is 17.0 Å². The van der Waals surface area contributed by atoms with Crippen LogP contribution in [0.5, 0.6) is 0 Å². The molecular weight excluding hydrogens is 465 g/mol. The van der Waals surface area contributed by atoms with Gasteiger partial charge in [0.25, 0.3) is 5.91 Å². The molecule has 0 aliphatic heterocycles. The largest absolute Gasteiger partial charge is 0.349 e. The molecule has 7 nitrogen and oxygen atoms in total. The normalized spacial score (nSPS) is 12.8. The highest BCUT2D eigenvalue weighted by Gasteiger charge is 2.25. The van der Waals surface area contributed by atoms with E-state index in [4.69, 9.17) is 0 Å². The van der Waals surface area contributed by atoms with Crippen LogP contribution < -0.4 is 10.6 Å². The second kappa shape index (κ2) is 10.1. The summed E-state index contributed by atoms with van der Waals surface area (Å²) in [5.74, 6) is -0.188. The van der Waals surface area contributed by atoms with Crippen molar-refractivity contribution in [3.8, 4) is 17.1 Å². The maximum absolute atomic E-state index is 13.5. The molecule has 2 amide bonds. The molecule has 35 heavy (non-hydrogen) atoms. The molecular formula is C26H22FN5O2S. The first-order chi connectivity index (χ1) is 17.1. The first-order valence-corrected chi connectivity index (χ1v) is 12.2. The van der Waals surface area contributed by atoms with E-state index in [0.29, 0.717) is 27.9 Å². The van der Waals surface area contributed by atoms with Crippen molar-refractivity contribution in [3.63, 3.8) is 0 Å². The van der Waals surface area contributed by atoms with Crippen LogP contribution in [0, 0.1) is 5.82 Å². The van der Waals surface area contributed by atoms with Crippen molar-refractivity contribution in [2.45, 2.75) is 24.0 Å². The van der Waals surface area contributed by atoms with Gasteiger partial charge in [-0.05, 0) is 49.2 Å². The number of para-hydroxylation sites is 1. The summed E-state index contributed by atoms with van der Waals surface area (Å²) in [6.45, 7) is 0. The standard InChI is InChI=1S/C26H22FN5O2S/c27-18-10-14-20(15-11-18)32-24(17-6-2-1-3-7-17)30-31-26(32)35-16-23(33)29-22-9-5-4-8-21(22)25(34)28-19-12-13-19/h1-11,14-15,19H,12-13,16H2,(H,28,34)(H,29,33). The van der Waals surface area contributed by atoms with Crippen LogP contribution in [0.15, 0.2) is 84.0 Å². The SMILES string of the molecule is O=C(CSc1nnc(-c2ccccc2)n1-c1ccc(F)cc1)Nc1ccccc1C(=O)NC1CC1. The van der Waals surface area contributed by atoms with Crippen molar-refractivity contribution >= 4 is 29.3 Å². The van der Waals surface area contributed by atoms with E-state index in [1.165, 1.54) is 23.9 Å². The third-order valence-corrected chi connectivity index (χ3v) is 6.37. The number of carbonyl (C=O) groups excluding carboxylic acids is 2. The monoisotopic (exact) mass is 487 g/mol. The number of benzene rings is 3.